The van der Waals surface area contributed by atoms with Gasteiger partial charge in [-0.3, -0.25) is 4.79 Å². The molecule has 0 spiro atoms. The molecule has 0 aromatic heterocycles. The highest BCUT2D eigenvalue weighted by Gasteiger charge is 2.64. The highest BCUT2D eigenvalue weighted by Crippen LogP contribution is 2.60. The fourth-order valence-electron chi connectivity index (χ4n) is 7.75. The van der Waals surface area contributed by atoms with Crippen LogP contribution in [0.3, 0.4) is 0 Å². The molecule has 1 aliphatic carbocycles. The average molecular weight is 546 g/mol. The van der Waals surface area contributed by atoms with Gasteiger partial charge in [-0.15, -0.1) is 0 Å². The number of ether oxygens (including phenoxy) is 2. The molecule has 3 aliphatic rings. The maximum atomic E-state index is 13.4. The number of fused-ring (bicyclic) bond motifs is 2. The molecule has 2 fully saturated rings. The second-order valence-corrected chi connectivity index (χ2v) is 12.2. The first-order valence-electron chi connectivity index (χ1n) is 14.7. The predicted octanol–water partition coefficient (Wildman–Crippen LogP) is 5.71. The lowest BCUT2D eigenvalue weighted by molar-refractivity contribution is -0.934. The van der Waals surface area contributed by atoms with E-state index in [1.807, 2.05) is 42.5 Å². The first-order valence-corrected chi connectivity index (χ1v) is 14.7. The van der Waals surface area contributed by atoms with Gasteiger partial charge in [0.2, 0.25) is 12.7 Å². The smallest absolute Gasteiger partial charge is 0.232 e. The van der Waals surface area contributed by atoms with Crippen molar-refractivity contribution < 1.29 is 18.8 Å². The van der Waals surface area contributed by atoms with Crippen LogP contribution in [0.4, 0.5) is 0 Å². The number of hydrogen-bond acceptors (Lipinski definition) is 3. The molecule has 0 bridgehead atoms. The number of carbonyl (C=O) groups excluding carboxylic acids is 1. The molecule has 208 valence electrons. The molecule has 1 saturated carbocycles. The van der Waals surface area contributed by atoms with E-state index in [1.54, 1.807) is 0 Å². The van der Waals surface area contributed by atoms with E-state index in [1.165, 1.54) is 11.1 Å². The topological polar surface area (TPSA) is 61.6 Å². The zero-order valence-electron chi connectivity index (χ0n) is 23.3. The van der Waals surface area contributed by atoms with Crippen molar-refractivity contribution in [3.05, 3.63) is 131 Å². The Morgan fingerprint density at radius 3 is 1.95 bits per heavy atom. The lowest BCUT2D eigenvalue weighted by Crippen LogP contribution is -2.49. The van der Waals surface area contributed by atoms with Crippen LogP contribution in [-0.2, 0) is 23.2 Å². The van der Waals surface area contributed by atoms with Crippen molar-refractivity contribution >= 4 is 5.91 Å². The number of nitrogens with zero attached hydrogens (tertiary/aromatic N) is 1. The Hall–Kier alpha value is -4.09. The number of primary amides is 1. The fraction of sp³-hybridized carbons (Fsp3) is 0.306. The monoisotopic (exact) mass is 545 g/mol. The maximum Gasteiger partial charge on any atom is 0.232 e. The molecule has 1 amide bonds. The lowest BCUT2D eigenvalue weighted by atomic mass is 9.69. The number of piperidine rings is 1. The molecule has 2 unspecified atom stereocenters. The van der Waals surface area contributed by atoms with Crippen molar-refractivity contribution in [2.45, 2.75) is 24.8 Å². The molecule has 2 N–H and O–H groups in total. The molecule has 7 rings (SSSR count). The Morgan fingerprint density at radius 2 is 1.34 bits per heavy atom. The normalized spacial score (nSPS) is 24.1. The summed E-state index contributed by atoms with van der Waals surface area (Å²) in [5.41, 5.74) is 10.2. The largest absolute Gasteiger partial charge is 0.454 e. The number of benzene rings is 4. The van der Waals surface area contributed by atoms with Gasteiger partial charge >= 0.3 is 0 Å². The van der Waals surface area contributed by atoms with E-state index in [0.29, 0.717) is 24.5 Å². The minimum Gasteiger partial charge on any atom is -0.454 e. The third kappa shape index (κ3) is 4.78. The maximum absolute atomic E-state index is 13.4. The average Bonchev–Trinajstić information content (AvgIpc) is 3.32. The highest BCUT2D eigenvalue weighted by atomic mass is 16.7. The van der Waals surface area contributed by atoms with E-state index in [-0.39, 0.29) is 5.91 Å². The van der Waals surface area contributed by atoms with Crippen molar-refractivity contribution in [2.24, 2.45) is 23.5 Å². The van der Waals surface area contributed by atoms with Crippen LogP contribution in [0.1, 0.15) is 28.7 Å². The third-order valence-corrected chi connectivity index (χ3v) is 9.87. The summed E-state index contributed by atoms with van der Waals surface area (Å²) in [6.45, 7) is 4.67. The molecule has 4 aromatic rings. The minimum atomic E-state index is -0.820. The first-order chi connectivity index (χ1) is 20.1. The zero-order valence-corrected chi connectivity index (χ0v) is 23.3. The van der Waals surface area contributed by atoms with E-state index in [4.69, 9.17) is 15.2 Å². The van der Waals surface area contributed by atoms with Gasteiger partial charge in [0.15, 0.2) is 11.5 Å². The SMILES string of the molecule is NC(=O)C(CC1C2C[N+](CCc3ccc4c(c3)OCO4)(Cc3ccccc3)CC12)(c1ccccc1)c1ccccc1. The van der Waals surface area contributed by atoms with E-state index in [9.17, 15) is 4.79 Å². The lowest BCUT2D eigenvalue weighted by Gasteiger charge is -2.38. The molecule has 4 aromatic carbocycles. The van der Waals surface area contributed by atoms with Gasteiger partial charge in [-0.2, -0.15) is 0 Å². The molecule has 2 heterocycles. The molecular formula is C36H37N2O3+. The van der Waals surface area contributed by atoms with Gasteiger partial charge in [0.25, 0.3) is 0 Å². The van der Waals surface area contributed by atoms with Crippen molar-refractivity contribution in [3.63, 3.8) is 0 Å². The number of rotatable bonds is 10. The van der Waals surface area contributed by atoms with E-state index < -0.39 is 5.41 Å². The summed E-state index contributed by atoms with van der Waals surface area (Å²) in [6, 6.07) is 37.6. The zero-order chi connectivity index (χ0) is 27.9. The Balaban J connectivity index is 1.14. The number of likely N-dealkylation sites (tertiary alicyclic amines) is 1. The van der Waals surface area contributed by atoms with Gasteiger partial charge in [-0.05, 0) is 41.2 Å². The van der Waals surface area contributed by atoms with Gasteiger partial charge in [-0.25, -0.2) is 0 Å². The number of amides is 1. The molecule has 41 heavy (non-hydrogen) atoms. The van der Waals surface area contributed by atoms with Crippen molar-refractivity contribution in [3.8, 4) is 11.5 Å². The van der Waals surface area contributed by atoms with Crippen LogP contribution in [0, 0.1) is 17.8 Å². The molecule has 1 saturated heterocycles. The number of nitrogens with two attached hydrogens (primary N) is 1. The number of hydrogen-bond donors (Lipinski definition) is 1. The second kappa shape index (κ2) is 10.4. The van der Waals surface area contributed by atoms with E-state index in [0.717, 1.165) is 66.1 Å². The molecular weight excluding hydrogens is 508 g/mol. The summed E-state index contributed by atoms with van der Waals surface area (Å²) >= 11 is 0. The summed E-state index contributed by atoms with van der Waals surface area (Å²) in [6.07, 6.45) is 1.76. The molecule has 5 nitrogen and oxygen atoms in total. The Kier molecular flexibility index (Phi) is 6.55. The van der Waals surface area contributed by atoms with Crippen molar-refractivity contribution in [1.82, 2.24) is 0 Å². The Morgan fingerprint density at radius 1 is 0.756 bits per heavy atom. The van der Waals surface area contributed by atoms with Crippen LogP contribution >= 0.6 is 0 Å². The molecule has 2 aliphatic heterocycles. The summed E-state index contributed by atoms with van der Waals surface area (Å²) in [5.74, 6) is 3.11. The second-order valence-electron chi connectivity index (χ2n) is 12.2. The van der Waals surface area contributed by atoms with Crippen LogP contribution < -0.4 is 15.2 Å². The van der Waals surface area contributed by atoms with Gasteiger partial charge in [0.1, 0.15) is 6.54 Å². The number of quaternary nitrogens is 1. The number of carbonyl (C=O) groups is 1. The van der Waals surface area contributed by atoms with Crippen LogP contribution in [0.15, 0.2) is 109 Å². The van der Waals surface area contributed by atoms with Crippen LogP contribution in [0.25, 0.3) is 0 Å². The minimum absolute atomic E-state index is 0.257. The quantitative estimate of drug-likeness (QED) is 0.260. The fourth-order valence-corrected chi connectivity index (χ4v) is 7.75. The Labute approximate surface area is 242 Å². The summed E-state index contributed by atoms with van der Waals surface area (Å²) in [5, 5.41) is 0. The first kappa shape index (κ1) is 25.8. The van der Waals surface area contributed by atoms with Crippen molar-refractivity contribution in [1.29, 1.82) is 0 Å². The molecule has 0 radical (unpaired) electrons. The highest BCUT2D eigenvalue weighted by molar-refractivity contribution is 5.91. The van der Waals surface area contributed by atoms with E-state index in [2.05, 4.69) is 66.7 Å². The molecule has 5 heteroatoms. The van der Waals surface area contributed by atoms with Crippen molar-refractivity contribution in [2.75, 3.05) is 26.4 Å². The van der Waals surface area contributed by atoms with Crippen LogP contribution in [-0.4, -0.2) is 36.8 Å². The molecule has 2 atom stereocenters. The predicted molar refractivity (Wildman–Crippen MR) is 159 cm³/mol. The summed E-state index contributed by atoms with van der Waals surface area (Å²) in [7, 11) is 0. The van der Waals surface area contributed by atoms with Gasteiger partial charge in [0, 0.05) is 23.8 Å². The summed E-state index contributed by atoms with van der Waals surface area (Å²) in [4.78, 5) is 13.4. The van der Waals surface area contributed by atoms with Crippen LogP contribution in [0.2, 0.25) is 0 Å². The third-order valence-electron chi connectivity index (χ3n) is 9.87. The summed E-state index contributed by atoms with van der Waals surface area (Å²) < 4.78 is 12.2. The van der Waals surface area contributed by atoms with Gasteiger partial charge in [-0.1, -0.05) is 97.1 Å². The van der Waals surface area contributed by atoms with E-state index >= 15 is 0 Å². The van der Waals surface area contributed by atoms with Gasteiger partial charge in [0.05, 0.1) is 25.0 Å². The standard InChI is InChI=1S/C36H36N2O3/c37-35(39)36(28-12-6-2-7-13-28,29-14-8-3-9-15-29)21-30-31-23-38(24-32(30)31,22-27-10-4-1-5-11-27)19-18-26-16-17-33-34(20-26)41-25-40-33/h1-17,20,30-32H,18-19,21-25H2,(H-,37,39)/p+1. The van der Waals surface area contributed by atoms with Crippen LogP contribution in [0.5, 0.6) is 11.5 Å². The Bertz CT molecular complexity index is 1470. The van der Waals surface area contributed by atoms with Gasteiger partial charge < -0.3 is 19.7 Å².